The van der Waals surface area contributed by atoms with Crippen LogP contribution < -0.4 is 0 Å². The Morgan fingerprint density at radius 3 is 2.71 bits per heavy atom. The first-order valence-electron chi connectivity index (χ1n) is 6.54. The predicted molar refractivity (Wildman–Crippen MR) is 80.5 cm³/mol. The molecule has 0 aliphatic rings. The maximum Gasteiger partial charge on any atom is 0.341 e. The highest BCUT2D eigenvalue weighted by Crippen LogP contribution is 2.23. The van der Waals surface area contributed by atoms with Crippen LogP contribution in [0.15, 0.2) is 28.9 Å². The van der Waals surface area contributed by atoms with E-state index in [2.05, 4.69) is 25.9 Å². The van der Waals surface area contributed by atoms with E-state index in [1.807, 2.05) is 6.92 Å². The highest BCUT2D eigenvalue weighted by Gasteiger charge is 2.15. The molecule has 0 spiro atoms. The van der Waals surface area contributed by atoms with Crippen molar-refractivity contribution in [1.29, 1.82) is 0 Å². The molecule has 1 aromatic heterocycles. The van der Waals surface area contributed by atoms with Gasteiger partial charge in [-0.15, -0.1) is 0 Å². The molecule has 2 aromatic rings. The molecule has 0 radical (unpaired) electrons. The number of halogens is 2. The molecule has 21 heavy (non-hydrogen) atoms. The maximum atomic E-state index is 13.4. The van der Waals surface area contributed by atoms with E-state index >= 15 is 0 Å². The summed E-state index contributed by atoms with van der Waals surface area (Å²) in [4.78, 5) is 20.3. The fraction of sp³-hybridized carbons (Fsp3) is 0.267. The van der Waals surface area contributed by atoms with Crippen molar-refractivity contribution in [1.82, 2.24) is 9.97 Å². The first-order chi connectivity index (χ1) is 10.0. The molecule has 0 unspecified atom stereocenters. The minimum atomic E-state index is -0.443. The van der Waals surface area contributed by atoms with E-state index in [0.29, 0.717) is 40.1 Å². The predicted octanol–water partition coefficient (Wildman–Crippen LogP) is 3.78. The topological polar surface area (TPSA) is 52.1 Å². The molecule has 1 heterocycles. The Labute approximate surface area is 130 Å². The van der Waals surface area contributed by atoms with Gasteiger partial charge in [-0.25, -0.2) is 19.2 Å². The lowest BCUT2D eigenvalue weighted by atomic mass is 10.1. The van der Waals surface area contributed by atoms with Crippen molar-refractivity contribution in [2.75, 3.05) is 6.61 Å². The minimum absolute atomic E-state index is 0.292. The van der Waals surface area contributed by atoms with E-state index in [0.717, 1.165) is 0 Å². The van der Waals surface area contributed by atoms with Crippen LogP contribution >= 0.6 is 15.9 Å². The Morgan fingerprint density at radius 1 is 1.33 bits per heavy atom. The summed E-state index contributed by atoms with van der Waals surface area (Å²) < 4.78 is 19.0. The van der Waals surface area contributed by atoms with Gasteiger partial charge >= 0.3 is 5.97 Å². The molecular formula is C15H14BrFN2O2. The van der Waals surface area contributed by atoms with Crippen molar-refractivity contribution >= 4 is 21.9 Å². The number of carbonyl (C=O) groups excluding carboxylic acids is 1. The van der Waals surface area contributed by atoms with Crippen molar-refractivity contribution in [2.24, 2.45) is 0 Å². The number of aryl methyl sites for hydroxylation is 1. The second-order valence-corrected chi connectivity index (χ2v) is 5.20. The molecule has 2 rings (SSSR count). The number of hydrogen-bond donors (Lipinski definition) is 0. The summed E-state index contributed by atoms with van der Waals surface area (Å²) in [7, 11) is 0. The molecule has 0 aliphatic carbocycles. The zero-order valence-electron chi connectivity index (χ0n) is 11.7. The first-order valence-corrected chi connectivity index (χ1v) is 7.34. The SMILES string of the molecule is CCOC(=O)c1cnc(-c2cc(F)cc(Br)c2)nc1CC. The van der Waals surface area contributed by atoms with E-state index in [4.69, 9.17) is 4.74 Å². The fourth-order valence-corrected chi connectivity index (χ4v) is 2.35. The molecule has 0 amide bonds. The molecule has 0 saturated carbocycles. The standard InChI is InChI=1S/C15H14BrFN2O2/c1-3-13-12(15(20)21-4-2)8-18-14(19-13)9-5-10(16)7-11(17)6-9/h5-8H,3-4H2,1-2H3. The first kappa shape index (κ1) is 15.6. The number of esters is 1. The van der Waals surface area contributed by atoms with Crippen LogP contribution in [0, 0.1) is 5.82 Å². The van der Waals surface area contributed by atoms with E-state index < -0.39 is 5.97 Å². The lowest BCUT2D eigenvalue weighted by Gasteiger charge is -2.08. The average molecular weight is 353 g/mol. The van der Waals surface area contributed by atoms with Gasteiger partial charge in [0, 0.05) is 16.2 Å². The molecular weight excluding hydrogens is 339 g/mol. The van der Waals surface area contributed by atoms with Crippen molar-refractivity contribution in [3.8, 4) is 11.4 Å². The number of carbonyl (C=O) groups is 1. The molecule has 110 valence electrons. The lowest BCUT2D eigenvalue weighted by Crippen LogP contribution is -2.11. The van der Waals surface area contributed by atoms with E-state index in [1.54, 1.807) is 13.0 Å². The molecule has 4 nitrogen and oxygen atoms in total. The fourth-order valence-electron chi connectivity index (χ4n) is 1.89. The van der Waals surface area contributed by atoms with Crippen LogP contribution in [0.1, 0.15) is 29.9 Å². The Morgan fingerprint density at radius 2 is 2.10 bits per heavy atom. The maximum absolute atomic E-state index is 13.4. The summed E-state index contributed by atoms with van der Waals surface area (Å²) in [5.41, 5.74) is 1.48. The Kier molecular flexibility index (Phi) is 5.01. The van der Waals surface area contributed by atoms with Gasteiger partial charge in [0.05, 0.1) is 17.9 Å². The number of nitrogens with zero attached hydrogens (tertiary/aromatic N) is 2. The second kappa shape index (κ2) is 6.76. The summed E-state index contributed by atoms with van der Waals surface area (Å²) in [5, 5.41) is 0. The summed E-state index contributed by atoms with van der Waals surface area (Å²) in [6.45, 7) is 3.92. The van der Waals surface area contributed by atoms with Gasteiger partial charge in [0.1, 0.15) is 5.82 Å². The van der Waals surface area contributed by atoms with E-state index in [1.165, 1.54) is 18.3 Å². The zero-order valence-corrected chi connectivity index (χ0v) is 13.3. The monoisotopic (exact) mass is 352 g/mol. The largest absolute Gasteiger partial charge is 0.462 e. The van der Waals surface area contributed by atoms with E-state index in [-0.39, 0.29) is 5.82 Å². The van der Waals surface area contributed by atoms with E-state index in [9.17, 15) is 9.18 Å². The third-order valence-corrected chi connectivity index (χ3v) is 3.28. The molecule has 0 saturated heterocycles. The Bertz CT molecular complexity index is 656. The van der Waals surface area contributed by atoms with Gasteiger partial charge in [-0.1, -0.05) is 22.9 Å². The minimum Gasteiger partial charge on any atom is -0.462 e. The number of benzene rings is 1. The zero-order chi connectivity index (χ0) is 15.4. The summed E-state index contributed by atoms with van der Waals surface area (Å²) in [5.74, 6) is -0.447. The normalized spacial score (nSPS) is 10.5. The van der Waals surface area contributed by atoms with Crippen LogP contribution in [0.4, 0.5) is 4.39 Å². The summed E-state index contributed by atoms with van der Waals surface area (Å²) in [6.07, 6.45) is 1.98. The highest BCUT2D eigenvalue weighted by atomic mass is 79.9. The van der Waals surface area contributed by atoms with Crippen LogP contribution in [-0.4, -0.2) is 22.5 Å². The van der Waals surface area contributed by atoms with Gasteiger partial charge < -0.3 is 4.74 Å². The molecule has 0 N–H and O–H groups in total. The quantitative estimate of drug-likeness (QED) is 0.785. The lowest BCUT2D eigenvalue weighted by molar-refractivity contribution is 0.0524. The second-order valence-electron chi connectivity index (χ2n) is 4.29. The van der Waals surface area contributed by atoms with Crippen LogP contribution in [0.5, 0.6) is 0 Å². The Balaban J connectivity index is 2.45. The van der Waals surface area contributed by atoms with Crippen molar-refractivity contribution in [3.05, 3.63) is 45.9 Å². The van der Waals surface area contributed by atoms with Crippen LogP contribution in [0.25, 0.3) is 11.4 Å². The highest BCUT2D eigenvalue weighted by molar-refractivity contribution is 9.10. The molecule has 0 bridgehead atoms. The molecule has 0 aliphatic heterocycles. The van der Waals surface area contributed by atoms with Gasteiger partial charge in [-0.2, -0.15) is 0 Å². The van der Waals surface area contributed by atoms with Gasteiger partial charge in [-0.05, 0) is 31.5 Å². The molecule has 0 atom stereocenters. The number of ether oxygens (including phenoxy) is 1. The number of aromatic nitrogens is 2. The summed E-state index contributed by atoms with van der Waals surface area (Å²) >= 11 is 3.23. The van der Waals surface area contributed by atoms with Crippen molar-refractivity contribution in [3.63, 3.8) is 0 Å². The third kappa shape index (κ3) is 3.64. The van der Waals surface area contributed by atoms with Gasteiger partial charge in [0.25, 0.3) is 0 Å². The summed E-state index contributed by atoms with van der Waals surface area (Å²) in [6, 6.07) is 4.43. The molecule has 1 aromatic carbocycles. The van der Waals surface area contributed by atoms with Gasteiger partial charge in [0.15, 0.2) is 5.82 Å². The number of rotatable bonds is 4. The van der Waals surface area contributed by atoms with Crippen molar-refractivity contribution in [2.45, 2.75) is 20.3 Å². The van der Waals surface area contributed by atoms with Crippen LogP contribution in [-0.2, 0) is 11.2 Å². The molecule has 6 heteroatoms. The van der Waals surface area contributed by atoms with Crippen LogP contribution in [0.3, 0.4) is 0 Å². The van der Waals surface area contributed by atoms with Crippen molar-refractivity contribution < 1.29 is 13.9 Å². The van der Waals surface area contributed by atoms with Gasteiger partial charge in [-0.3, -0.25) is 0 Å². The smallest absolute Gasteiger partial charge is 0.341 e. The third-order valence-electron chi connectivity index (χ3n) is 2.82. The van der Waals surface area contributed by atoms with Gasteiger partial charge in [0.2, 0.25) is 0 Å². The number of hydrogen-bond acceptors (Lipinski definition) is 4. The van der Waals surface area contributed by atoms with Crippen LogP contribution in [0.2, 0.25) is 0 Å². The Hall–Kier alpha value is -1.82. The molecule has 0 fully saturated rings. The average Bonchev–Trinajstić information content (AvgIpc) is 2.45.